The lowest BCUT2D eigenvalue weighted by Gasteiger charge is -2.49. The van der Waals surface area contributed by atoms with Crippen LogP contribution in [0.3, 0.4) is 0 Å². The summed E-state index contributed by atoms with van der Waals surface area (Å²) in [5.74, 6) is -0.854. The second-order valence-electron chi connectivity index (χ2n) is 10.2. The van der Waals surface area contributed by atoms with Gasteiger partial charge in [0.2, 0.25) is 5.28 Å². The first kappa shape index (κ1) is 27.2. The Kier molecular flexibility index (Phi) is 6.67. The minimum atomic E-state index is -4.83. The molecule has 2 saturated heterocycles. The molecule has 2 aromatic heterocycles. The molecule has 5 atom stereocenters. The lowest BCUT2D eigenvalue weighted by molar-refractivity contribution is -0.0483. The third-order valence-electron chi connectivity index (χ3n) is 7.54. The number of ether oxygens (including phenoxy) is 1. The molecule has 14 nitrogen and oxygen atoms in total. The molecule has 39 heavy (non-hydrogen) atoms. The van der Waals surface area contributed by atoms with Crippen molar-refractivity contribution in [1.82, 2.24) is 19.5 Å². The van der Waals surface area contributed by atoms with E-state index in [0.717, 1.165) is 25.9 Å². The number of hydrogen-bond acceptors (Lipinski definition) is 10. The first-order chi connectivity index (χ1) is 18.4. The number of benzene rings is 1. The zero-order valence-corrected chi connectivity index (χ0v) is 22.9. The van der Waals surface area contributed by atoms with E-state index in [9.17, 15) is 24.2 Å². The van der Waals surface area contributed by atoms with E-state index in [1.807, 2.05) is 12.1 Å². The SMILES string of the molecule is O=P(O)(O)CP(=O)(O)OC[C@H]1O[C@@H](n2cnc3c(N4CC5(CCc6ccccc65)C4)nc(Cl)nc32)C(O)C1O. The van der Waals surface area contributed by atoms with Crippen LogP contribution in [0.2, 0.25) is 5.28 Å². The van der Waals surface area contributed by atoms with Gasteiger partial charge in [0.05, 0.1) is 12.9 Å². The van der Waals surface area contributed by atoms with Crippen LogP contribution in [0.5, 0.6) is 0 Å². The Morgan fingerprint density at radius 3 is 2.62 bits per heavy atom. The molecule has 1 spiro atoms. The lowest BCUT2D eigenvalue weighted by atomic mass is 9.75. The van der Waals surface area contributed by atoms with Crippen LogP contribution in [0.25, 0.3) is 11.2 Å². The second kappa shape index (κ2) is 9.56. The molecule has 0 bridgehead atoms. The number of rotatable bonds is 7. The largest absolute Gasteiger partial charge is 0.387 e. The Labute approximate surface area is 226 Å². The predicted molar refractivity (Wildman–Crippen MR) is 138 cm³/mol. The summed E-state index contributed by atoms with van der Waals surface area (Å²) in [4.78, 5) is 42.8. The quantitative estimate of drug-likeness (QED) is 0.191. The minimum absolute atomic E-state index is 0.0386. The van der Waals surface area contributed by atoms with Gasteiger partial charge in [-0.15, -0.1) is 0 Å². The summed E-state index contributed by atoms with van der Waals surface area (Å²) in [6, 6.07) is 8.42. The molecule has 1 aliphatic carbocycles. The number of hydrogen-bond donors (Lipinski definition) is 5. The number of nitrogens with zero attached hydrogens (tertiary/aromatic N) is 5. The molecule has 1 aromatic carbocycles. The Balaban J connectivity index is 1.22. The minimum Gasteiger partial charge on any atom is -0.387 e. The van der Waals surface area contributed by atoms with Crippen molar-refractivity contribution >= 4 is 43.8 Å². The van der Waals surface area contributed by atoms with Crippen LogP contribution in [0, 0.1) is 0 Å². The van der Waals surface area contributed by atoms with E-state index in [1.54, 1.807) is 0 Å². The van der Waals surface area contributed by atoms with Crippen molar-refractivity contribution in [3.05, 3.63) is 47.0 Å². The molecule has 3 aliphatic rings. The number of anilines is 1. The molecule has 210 valence electrons. The van der Waals surface area contributed by atoms with E-state index in [2.05, 4.69) is 32.0 Å². The van der Waals surface area contributed by atoms with Gasteiger partial charge >= 0.3 is 15.2 Å². The number of aliphatic hydroxyl groups excluding tert-OH is 2. The monoisotopic (exact) mass is 601 g/mol. The summed E-state index contributed by atoms with van der Waals surface area (Å²) in [5, 5.41) is 21.1. The third-order valence-corrected chi connectivity index (χ3v) is 11.2. The first-order valence-corrected chi connectivity index (χ1v) is 16.1. The molecule has 6 rings (SSSR count). The molecule has 17 heteroatoms. The number of imidazole rings is 1. The second-order valence-corrected chi connectivity index (χ2v) is 14.6. The van der Waals surface area contributed by atoms with E-state index in [0.29, 0.717) is 11.3 Å². The van der Waals surface area contributed by atoms with E-state index < -0.39 is 52.2 Å². The van der Waals surface area contributed by atoms with Crippen LogP contribution in [0.4, 0.5) is 5.82 Å². The van der Waals surface area contributed by atoms with Gasteiger partial charge in [-0.25, -0.2) is 4.98 Å². The average molecular weight is 602 g/mol. The summed E-state index contributed by atoms with van der Waals surface area (Å²) in [7, 11) is -9.51. The van der Waals surface area contributed by atoms with Crippen LogP contribution >= 0.6 is 26.8 Å². The summed E-state index contributed by atoms with van der Waals surface area (Å²) < 4.78 is 34.9. The standard InChI is InChI=1S/C22H26ClN5O9P2/c23-21-25-18(27-8-22(9-27)6-5-12-3-1-2-4-13(12)22)15-19(26-21)28(10-24-15)20-17(30)16(29)14(37-20)7-36-39(34,35)11-38(31,32)33/h1-4,10,14,16-17,20,29-30H,5-9,11H2,(H,34,35)(H2,31,32,33)/t14-,16?,17?,20-/m1/s1. The van der Waals surface area contributed by atoms with Crippen LogP contribution in [0.1, 0.15) is 23.8 Å². The van der Waals surface area contributed by atoms with Gasteiger partial charge in [0.25, 0.3) is 0 Å². The molecular formula is C22H26ClN5O9P2. The van der Waals surface area contributed by atoms with Gasteiger partial charge in [-0.3, -0.25) is 13.7 Å². The van der Waals surface area contributed by atoms with Gasteiger partial charge in [-0.1, -0.05) is 24.3 Å². The molecule has 2 aliphatic heterocycles. The van der Waals surface area contributed by atoms with Crippen molar-refractivity contribution in [3.63, 3.8) is 0 Å². The molecule has 0 radical (unpaired) electrons. The summed E-state index contributed by atoms with van der Waals surface area (Å²) >= 11 is 6.28. The molecule has 3 aromatic rings. The Bertz CT molecular complexity index is 1530. The van der Waals surface area contributed by atoms with Crippen molar-refractivity contribution in [3.8, 4) is 0 Å². The predicted octanol–water partition coefficient (Wildman–Crippen LogP) is 1.14. The van der Waals surface area contributed by atoms with Crippen LogP contribution in [-0.2, 0) is 30.2 Å². The van der Waals surface area contributed by atoms with E-state index in [4.69, 9.17) is 30.6 Å². The fourth-order valence-electron chi connectivity index (χ4n) is 5.77. The van der Waals surface area contributed by atoms with Crippen molar-refractivity contribution in [2.45, 2.75) is 42.8 Å². The fourth-order valence-corrected chi connectivity index (χ4v) is 8.50. The van der Waals surface area contributed by atoms with E-state index in [1.165, 1.54) is 22.0 Å². The molecule has 3 unspecified atom stereocenters. The number of aryl methyl sites for hydroxylation is 1. The molecule has 0 amide bonds. The van der Waals surface area contributed by atoms with E-state index in [-0.39, 0.29) is 16.3 Å². The molecule has 4 heterocycles. The van der Waals surface area contributed by atoms with Gasteiger partial charge in [-0.2, -0.15) is 9.97 Å². The number of aromatic nitrogens is 4. The zero-order valence-electron chi connectivity index (χ0n) is 20.3. The number of fused-ring (bicyclic) bond motifs is 3. The maximum absolute atomic E-state index is 12.0. The smallest absolute Gasteiger partial charge is 0.340 e. The number of aliphatic hydroxyl groups is 2. The highest BCUT2D eigenvalue weighted by Gasteiger charge is 2.50. The van der Waals surface area contributed by atoms with E-state index >= 15 is 0 Å². The van der Waals surface area contributed by atoms with Crippen molar-refractivity contribution in [1.29, 1.82) is 0 Å². The Morgan fingerprint density at radius 1 is 1.13 bits per heavy atom. The first-order valence-electron chi connectivity index (χ1n) is 12.1. The van der Waals surface area contributed by atoms with Gasteiger partial charge in [0.1, 0.15) is 18.3 Å². The van der Waals surface area contributed by atoms with Crippen LogP contribution in [0.15, 0.2) is 30.6 Å². The molecular weight excluding hydrogens is 576 g/mol. The maximum atomic E-state index is 12.0. The van der Waals surface area contributed by atoms with Gasteiger partial charge in [0, 0.05) is 18.5 Å². The Morgan fingerprint density at radius 2 is 1.87 bits per heavy atom. The molecule has 0 saturated carbocycles. The van der Waals surface area contributed by atoms with Crippen LogP contribution < -0.4 is 4.90 Å². The fraction of sp³-hybridized carbons (Fsp3) is 0.500. The Hall–Kier alpha value is -1.96. The topological polar surface area (TPSA) is 201 Å². The summed E-state index contributed by atoms with van der Waals surface area (Å²) in [6.07, 6.45) is -2.11. The maximum Gasteiger partial charge on any atom is 0.340 e. The average Bonchev–Trinajstić information content (AvgIpc) is 3.50. The highest BCUT2D eigenvalue weighted by atomic mass is 35.5. The van der Waals surface area contributed by atoms with Crippen LogP contribution in [-0.4, -0.2) is 88.3 Å². The molecule has 2 fully saturated rings. The highest BCUT2D eigenvalue weighted by Crippen LogP contribution is 2.55. The third kappa shape index (κ3) is 4.93. The summed E-state index contributed by atoms with van der Waals surface area (Å²) in [5.41, 5.74) is 3.42. The van der Waals surface area contributed by atoms with Gasteiger partial charge < -0.3 is 39.1 Å². The lowest BCUT2D eigenvalue weighted by Crippen LogP contribution is -2.58. The molecule has 5 N–H and O–H groups in total. The highest BCUT2D eigenvalue weighted by molar-refractivity contribution is 7.70. The normalized spacial score (nSPS) is 27.6. The van der Waals surface area contributed by atoms with Crippen molar-refractivity contribution in [2.75, 3.05) is 30.5 Å². The van der Waals surface area contributed by atoms with Gasteiger partial charge in [0.15, 0.2) is 29.1 Å². The summed E-state index contributed by atoms with van der Waals surface area (Å²) in [6.45, 7) is 0.763. The number of halogens is 1. The van der Waals surface area contributed by atoms with Crippen molar-refractivity contribution in [2.24, 2.45) is 0 Å². The van der Waals surface area contributed by atoms with Gasteiger partial charge in [-0.05, 0) is 35.6 Å². The zero-order chi connectivity index (χ0) is 27.7. The van der Waals surface area contributed by atoms with Crippen molar-refractivity contribution < 1.29 is 43.3 Å².